The van der Waals surface area contributed by atoms with Crippen molar-refractivity contribution in [2.24, 2.45) is 22.7 Å². The van der Waals surface area contributed by atoms with Gasteiger partial charge in [-0.1, -0.05) is 67.2 Å². The summed E-state index contributed by atoms with van der Waals surface area (Å²) in [5.74, 6) is 0.157. The molecule has 0 unspecified atom stereocenters. The van der Waals surface area contributed by atoms with Gasteiger partial charge in [0, 0.05) is 25.0 Å². The molecule has 4 bridgehead atoms. The van der Waals surface area contributed by atoms with Crippen LogP contribution in [-0.4, -0.2) is 159 Å². The molecular weight excluding hydrogens is 1070 g/mol. The molecule has 4 fully saturated rings. The minimum atomic E-state index is -1.13. The quantitative estimate of drug-likeness (QED) is 0.145. The van der Waals surface area contributed by atoms with Crippen molar-refractivity contribution in [3.05, 3.63) is 47.8 Å². The maximum Gasteiger partial charge on any atom is 1.00 e. The van der Waals surface area contributed by atoms with Gasteiger partial charge in [0.1, 0.15) is 71.5 Å². The first-order valence-electron chi connectivity index (χ1n) is 28.5. The van der Waals surface area contributed by atoms with Gasteiger partial charge in [-0.15, -0.1) is 0 Å². The Kier molecular flexibility index (Phi) is 20.7. The Morgan fingerprint density at radius 1 is 0.578 bits per heavy atom. The van der Waals surface area contributed by atoms with E-state index in [2.05, 4.69) is 10.6 Å². The van der Waals surface area contributed by atoms with Crippen LogP contribution in [0.4, 0.5) is 9.59 Å². The summed E-state index contributed by atoms with van der Waals surface area (Å²) < 4.78 is 39.8. The van der Waals surface area contributed by atoms with Crippen molar-refractivity contribution in [1.29, 1.82) is 0 Å². The first kappa shape index (κ1) is 63.9. The molecule has 2 aromatic carbocycles. The number of hydrogen-bond acceptors (Lipinski definition) is 18. The van der Waals surface area contributed by atoms with Gasteiger partial charge >= 0.3 is 43.0 Å². The third-order valence-corrected chi connectivity index (χ3v) is 16.2. The van der Waals surface area contributed by atoms with Gasteiger partial charge in [0.25, 0.3) is 0 Å². The summed E-state index contributed by atoms with van der Waals surface area (Å²) in [6, 6.07) is 7.16. The average molecular weight is 1150 g/mol. The zero-order valence-electron chi connectivity index (χ0n) is 49.4. The number of carboxylic acids is 1. The molecule has 4 N–H and O–H groups in total. The summed E-state index contributed by atoms with van der Waals surface area (Å²) in [5.41, 5.74) is 2.84. The van der Waals surface area contributed by atoms with Gasteiger partial charge in [-0.25, -0.2) is 39.1 Å². The summed E-state index contributed by atoms with van der Waals surface area (Å²) in [6.07, 6.45) is 8.32. The molecule has 2 aliphatic carbocycles. The number of alkyl carbamates (subject to hydrolysis) is 2. The summed E-state index contributed by atoms with van der Waals surface area (Å²) >= 11 is 0. The monoisotopic (exact) mass is 1150 g/mol. The van der Waals surface area contributed by atoms with E-state index >= 15 is 0 Å². The Bertz CT molecular complexity index is 3010. The zero-order chi connectivity index (χ0) is 57.9. The Morgan fingerprint density at radius 3 is 1.40 bits per heavy atom. The van der Waals surface area contributed by atoms with Crippen molar-refractivity contribution in [3.63, 3.8) is 0 Å². The molecule has 6 heterocycles. The first-order valence-corrected chi connectivity index (χ1v) is 28.5. The number of ether oxygens (including phenoxy) is 7. The minimum absolute atomic E-state index is 0. The smallest absolute Gasteiger partial charge is 0.870 e. The van der Waals surface area contributed by atoms with Gasteiger partial charge in [0.05, 0.1) is 56.5 Å². The number of esters is 1. The standard InChI is InChI=1S/C30H40N4O7.C29H38N4O7.Li.H2O/c1-30(2,3)25-27(35)34-16-19(15-23(34)28(36)39-5)40-26-21(31-20-12-11-18(38-4)14-22(20)32-26)10-8-6-7-9-17-13-24(17)41-29(37)33-25;1-29(2,3)24-26(34)33-15-18(14-22(33)27(35)36)39-25-20(30-19-11-10-17(38-4)13-21(19)31-25)9-7-5-6-8-16-12-23(16)40-28(37)32-24;;/h11-12,14,17,19,23-25H,6-10,13,15-16H2,1-5H3,(H,33,37);10-11,13,16,18,22-24H,5-9,12,14-15H2,1-4H3,(H,32,37)(H,35,36);;1H2/q;;+1;/p-1/t17-,19-,23+,24-,25-;16-,18-,22+,23-,24-;;/m11../s1. The predicted molar refractivity (Wildman–Crippen MR) is 297 cm³/mol. The fourth-order valence-corrected chi connectivity index (χ4v) is 11.3. The van der Waals surface area contributed by atoms with Gasteiger partial charge in [-0.05, 0) is 98.3 Å². The molecule has 24 heteroatoms. The van der Waals surface area contributed by atoms with Crippen molar-refractivity contribution in [3.8, 4) is 23.3 Å². The molecule has 10 rings (SSSR count). The van der Waals surface area contributed by atoms with Crippen LogP contribution in [0.3, 0.4) is 0 Å². The van der Waals surface area contributed by atoms with Crippen molar-refractivity contribution < 1.29 is 91.4 Å². The van der Waals surface area contributed by atoms with E-state index in [1.807, 2.05) is 71.9 Å². The Hall–Kier alpha value is -6.70. The summed E-state index contributed by atoms with van der Waals surface area (Å²) in [6.45, 7) is 11.2. The van der Waals surface area contributed by atoms with Crippen LogP contribution in [0.25, 0.3) is 22.1 Å². The van der Waals surface area contributed by atoms with Gasteiger partial charge in [-0.2, -0.15) is 0 Å². The fraction of sp³-hybridized carbons (Fsp3) is 0.627. The Morgan fingerprint density at radius 2 is 1.00 bits per heavy atom. The number of aliphatic carboxylic acids is 1. The number of carbonyl (C=O) groups excluding carboxylic acids is 5. The summed E-state index contributed by atoms with van der Waals surface area (Å²) in [4.78, 5) is 100. The molecular formula is C59H79LiN8O15. The molecule has 2 aromatic heterocycles. The van der Waals surface area contributed by atoms with E-state index in [-0.39, 0.29) is 68.4 Å². The van der Waals surface area contributed by atoms with Crippen molar-refractivity contribution in [2.45, 2.75) is 180 Å². The van der Waals surface area contributed by atoms with Crippen LogP contribution < -0.4 is 48.4 Å². The molecule has 4 amide bonds. The van der Waals surface area contributed by atoms with Crippen LogP contribution >= 0.6 is 0 Å². The van der Waals surface area contributed by atoms with Crippen molar-refractivity contribution >= 4 is 58.0 Å². The molecule has 10 atom stereocenters. The van der Waals surface area contributed by atoms with E-state index in [1.54, 1.807) is 20.3 Å². The number of amides is 4. The molecule has 2 saturated heterocycles. The number of benzene rings is 2. The second-order valence-electron chi connectivity index (χ2n) is 24.5. The molecule has 2 saturated carbocycles. The molecule has 83 heavy (non-hydrogen) atoms. The van der Waals surface area contributed by atoms with E-state index in [0.717, 1.165) is 80.9 Å². The molecule has 6 aliphatic rings. The third-order valence-electron chi connectivity index (χ3n) is 16.2. The van der Waals surface area contributed by atoms with E-state index in [4.69, 9.17) is 53.1 Å². The molecule has 4 aliphatic heterocycles. The largest absolute Gasteiger partial charge is 1.00 e. The average Bonchev–Trinajstić information content (AvgIpc) is 4.32. The number of rotatable bonds is 4. The summed E-state index contributed by atoms with van der Waals surface area (Å²) in [7, 11) is 4.47. The number of aromatic nitrogens is 4. The van der Waals surface area contributed by atoms with E-state index in [0.29, 0.717) is 64.7 Å². The minimum Gasteiger partial charge on any atom is -0.870 e. The number of methoxy groups -OCH3 is 3. The third kappa shape index (κ3) is 15.5. The van der Waals surface area contributed by atoms with Crippen LogP contribution in [-0.2, 0) is 46.2 Å². The zero-order valence-corrected chi connectivity index (χ0v) is 49.4. The normalized spacial score (nSPS) is 26.9. The topological polar surface area (TPSA) is 299 Å². The molecule has 4 aromatic rings. The molecule has 446 valence electrons. The summed E-state index contributed by atoms with van der Waals surface area (Å²) in [5, 5.41) is 15.5. The number of carbonyl (C=O) groups is 6. The molecule has 0 radical (unpaired) electrons. The predicted octanol–water partition coefficient (Wildman–Crippen LogP) is 4.35. The van der Waals surface area contributed by atoms with Crippen molar-refractivity contribution in [2.75, 3.05) is 34.4 Å². The van der Waals surface area contributed by atoms with Crippen LogP contribution in [0.2, 0.25) is 0 Å². The first-order chi connectivity index (χ1) is 38.6. The van der Waals surface area contributed by atoms with Crippen LogP contribution in [0.15, 0.2) is 36.4 Å². The second kappa shape index (κ2) is 26.9. The van der Waals surface area contributed by atoms with Crippen LogP contribution in [0.1, 0.15) is 130 Å². The van der Waals surface area contributed by atoms with Gasteiger partial charge < -0.3 is 64.2 Å². The van der Waals surface area contributed by atoms with Crippen LogP contribution in [0.5, 0.6) is 23.3 Å². The maximum atomic E-state index is 14.0. The number of carboxylic acid groups (broad SMARTS) is 1. The Balaban J connectivity index is 0.000000233. The number of nitrogens with zero attached hydrogens (tertiary/aromatic N) is 6. The molecule has 23 nitrogen and oxygen atoms in total. The second-order valence-corrected chi connectivity index (χ2v) is 24.5. The maximum absolute atomic E-state index is 14.0. The Labute approximate surface area is 495 Å². The van der Waals surface area contributed by atoms with E-state index in [1.165, 1.54) is 16.9 Å². The number of hydrogen-bond donors (Lipinski definition) is 3. The van der Waals surface area contributed by atoms with E-state index in [9.17, 15) is 33.9 Å². The SMILES string of the molecule is COC(=O)[C@@H]1C[C@@H]2CN1C(=O)[C@H](C(C)(C)C)NC(=O)O[C@@H]1C[C@H]1CCCCCc1nc3ccc(OC)cc3nc1O2.COc1ccc2nc3c(nc2c1)O[C@@H]1C[C@@H](C(=O)O)N(C1)C(=O)[C@H](C(C)(C)C)NC(=O)O[C@@H]1C[C@H]1CCCCC3.[Li+].[OH-]. The van der Waals surface area contributed by atoms with Crippen molar-refractivity contribution in [1.82, 2.24) is 40.4 Å². The fourth-order valence-electron chi connectivity index (χ4n) is 11.3. The van der Waals surface area contributed by atoms with Gasteiger partial charge in [0.15, 0.2) is 0 Å². The molecule has 0 spiro atoms. The number of nitrogens with one attached hydrogen (secondary N) is 2. The van der Waals surface area contributed by atoms with Gasteiger partial charge in [-0.3, -0.25) is 9.59 Å². The number of aryl methyl sites for hydroxylation is 2. The van der Waals surface area contributed by atoms with Crippen LogP contribution in [0, 0.1) is 22.7 Å². The van der Waals surface area contributed by atoms with E-state index < -0.39 is 77.2 Å². The van der Waals surface area contributed by atoms with Gasteiger partial charge in [0.2, 0.25) is 23.6 Å². The number of fused-ring (bicyclic) bond motifs is 10.